The molecule has 0 radical (unpaired) electrons. The summed E-state index contributed by atoms with van der Waals surface area (Å²) < 4.78 is 41.2. The highest BCUT2D eigenvalue weighted by Crippen LogP contribution is 2.17. The molecule has 0 N–H and O–H groups in total. The normalized spacial score (nSPS) is 18.5. The third-order valence-electron chi connectivity index (χ3n) is 2.65. The van der Waals surface area contributed by atoms with Gasteiger partial charge >= 0.3 is 6.18 Å². The molecule has 7 heteroatoms. The van der Waals surface area contributed by atoms with E-state index in [0.717, 1.165) is 0 Å². The average Bonchev–Trinajstić information content (AvgIpc) is 2.24. The third-order valence-corrected chi connectivity index (χ3v) is 2.65. The number of hydrogen-bond acceptors (Lipinski definition) is 3. The van der Waals surface area contributed by atoms with E-state index in [4.69, 9.17) is 4.74 Å². The molecule has 17 heavy (non-hydrogen) atoms. The Morgan fingerprint density at radius 2 is 1.82 bits per heavy atom. The molecule has 0 unspecified atom stereocenters. The van der Waals surface area contributed by atoms with Crippen LogP contribution in [0, 0.1) is 0 Å². The van der Waals surface area contributed by atoms with Crippen LogP contribution in [0.15, 0.2) is 0 Å². The number of alkyl halides is 3. The number of halogens is 3. The Morgan fingerprint density at radius 3 is 2.29 bits per heavy atom. The van der Waals surface area contributed by atoms with E-state index in [1.807, 2.05) is 0 Å². The molecule has 0 atom stereocenters. The molecule has 1 heterocycles. The van der Waals surface area contributed by atoms with Crippen molar-refractivity contribution in [2.24, 2.45) is 0 Å². The lowest BCUT2D eigenvalue weighted by Gasteiger charge is -2.35. The summed E-state index contributed by atoms with van der Waals surface area (Å²) in [5, 5.41) is 0. The molecular weight excluding hydrogens is 237 g/mol. The summed E-state index contributed by atoms with van der Waals surface area (Å²) >= 11 is 0. The Bertz CT molecular complexity index is 250. The van der Waals surface area contributed by atoms with Gasteiger partial charge < -0.3 is 9.64 Å². The van der Waals surface area contributed by atoms with Crippen molar-refractivity contribution in [3.63, 3.8) is 0 Å². The Morgan fingerprint density at radius 1 is 1.24 bits per heavy atom. The van der Waals surface area contributed by atoms with Crippen LogP contribution in [0.4, 0.5) is 13.2 Å². The first-order valence-corrected chi connectivity index (χ1v) is 5.48. The van der Waals surface area contributed by atoms with Crippen LogP contribution in [-0.4, -0.2) is 68.3 Å². The number of carbonyl (C=O) groups is 1. The fourth-order valence-corrected chi connectivity index (χ4v) is 1.76. The predicted molar refractivity (Wildman–Crippen MR) is 55.6 cm³/mol. The largest absolute Gasteiger partial charge is 0.401 e. The molecule has 0 aliphatic carbocycles. The molecule has 0 spiro atoms. The fourth-order valence-electron chi connectivity index (χ4n) is 1.76. The van der Waals surface area contributed by atoms with Crippen LogP contribution in [0.5, 0.6) is 0 Å². The second kappa shape index (κ2) is 6.20. The molecule has 1 fully saturated rings. The monoisotopic (exact) mass is 254 g/mol. The van der Waals surface area contributed by atoms with Crippen molar-refractivity contribution in [2.75, 3.05) is 46.4 Å². The Balaban J connectivity index is 2.28. The van der Waals surface area contributed by atoms with Gasteiger partial charge in [-0.1, -0.05) is 0 Å². The van der Waals surface area contributed by atoms with Gasteiger partial charge in [0.1, 0.15) is 0 Å². The summed E-state index contributed by atoms with van der Waals surface area (Å²) in [5.74, 6) is -0.0569. The van der Waals surface area contributed by atoms with E-state index in [1.165, 1.54) is 12.0 Å². The van der Waals surface area contributed by atoms with Gasteiger partial charge in [0.05, 0.1) is 19.6 Å². The number of piperazine rings is 1. The van der Waals surface area contributed by atoms with Gasteiger partial charge in [-0.15, -0.1) is 0 Å². The van der Waals surface area contributed by atoms with Crippen LogP contribution in [0.2, 0.25) is 0 Å². The van der Waals surface area contributed by atoms with Crippen LogP contribution >= 0.6 is 0 Å². The molecule has 1 saturated heterocycles. The summed E-state index contributed by atoms with van der Waals surface area (Å²) in [5.41, 5.74) is 0. The summed E-state index contributed by atoms with van der Waals surface area (Å²) in [4.78, 5) is 14.5. The van der Waals surface area contributed by atoms with Crippen LogP contribution in [-0.2, 0) is 9.53 Å². The molecule has 4 nitrogen and oxygen atoms in total. The molecule has 0 bridgehead atoms. The second-order valence-electron chi connectivity index (χ2n) is 4.01. The van der Waals surface area contributed by atoms with Gasteiger partial charge in [0.25, 0.3) is 0 Å². The lowest BCUT2D eigenvalue weighted by Crippen LogP contribution is -2.51. The lowest BCUT2D eigenvalue weighted by molar-refractivity contribution is -0.151. The first kappa shape index (κ1) is 14.2. The number of carbonyl (C=O) groups excluding carboxylic acids is 1. The maximum atomic E-state index is 12.1. The average molecular weight is 254 g/mol. The molecule has 1 rings (SSSR count). The van der Waals surface area contributed by atoms with Gasteiger partial charge in [-0.25, -0.2) is 0 Å². The number of nitrogens with zero attached hydrogens (tertiary/aromatic N) is 2. The van der Waals surface area contributed by atoms with E-state index in [-0.39, 0.29) is 25.4 Å². The van der Waals surface area contributed by atoms with Crippen molar-refractivity contribution in [1.29, 1.82) is 0 Å². The number of rotatable bonds is 4. The zero-order chi connectivity index (χ0) is 12.9. The minimum atomic E-state index is -4.16. The van der Waals surface area contributed by atoms with E-state index in [0.29, 0.717) is 19.7 Å². The highest BCUT2D eigenvalue weighted by molar-refractivity contribution is 5.76. The standard InChI is InChI=1S/C10H17F3N2O2/c1-17-7-2-9(16)15-5-3-14(4-6-15)8-10(11,12)13/h2-8H2,1H3. The minimum absolute atomic E-state index is 0.0569. The van der Waals surface area contributed by atoms with Gasteiger partial charge in [-0.2, -0.15) is 13.2 Å². The molecule has 1 aliphatic rings. The molecule has 0 saturated carbocycles. The molecule has 100 valence electrons. The Hall–Kier alpha value is -0.820. The summed E-state index contributed by atoms with van der Waals surface area (Å²) in [6.07, 6.45) is -3.88. The van der Waals surface area contributed by atoms with Crippen molar-refractivity contribution in [1.82, 2.24) is 9.80 Å². The van der Waals surface area contributed by atoms with Gasteiger partial charge in [0, 0.05) is 33.3 Å². The molecular formula is C10H17F3N2O2. The highest BCUT2D eigenvalue weighted by Gasteiger charge is 2.32. The van der Waals surface area contributed by atoms with Crippen molar-refractivity contribution in [2.45, 2.75) is 12.6 Å². The van der Waals surface area contributed by atoms with Crippen LogP contribution in [0.25, 0.3) is 0 Å². The predicted octanol–water partition coefficient (Wildman–Crippen LogP) is 0.729. The fraction of sp³-hybridized carbons (Fsp3) is 0.900. The number of hydrogen-bond donors (Lipinski definition) is 0. The van der Waals surface area contributed by atoms with Gasteiger partial charge in [-0.05, 0) is 0 Å². The van der Waals surface area contributed by atoms with E-state index in [2.05, 4.69) is 0 Å². The van der Waals surface area contributed by atoms with E-state index in [1.54, 1.807) is 4.90 Å². The second-order valence-corrected chi connectivity index (χ2v) is 4.01. The summed E-state index contributed by atoms with van der Waals surface area (Å²) in [6, 6.07) is 0. The first-order chi connectivity index (χ1) is 7.92. The summed E-state index contributed by atoms with van der Waals surface area (Å²) in [6.45, 7) is 0.725. The molecule has 1 aliphatic heterocycles. The zero-order valence-corrected chi connectivity index (χ0v) is 9.79. The van der Waals surface area contributed by atoms with Crippen LogP contribution in [0.3, 0.4) is 0 Å². The van der Waals surface area contributed by atoms with E-state index < -0.39 is 12.7 Å². The smallest absolute Gasteiger partial charge is 0.384 e. The molecule has 0 aromatic carbocycles. The topological polar surface area (TPSA) is 32.8 Å². The molecule has 0 aromatic rings. The minimum Gasteiger partial charge on any atom is -0.384 e. The van der Waals surface area contributed by atoms with Crippen molar-refractivity contribution in [3.8, 4) is 0 Å². The van der Waals surface area contributed by atoms with Crippen LogP contribution < -0.4 is 0 Å². The van der Waals surface area contributed by atoms with Gasteiger partial charge in [-0.3, -0.25) is 9.69 Å². The van der Waals surface area contributed by atoms with Gasteiger partial charge in [0.2, 0.25) is 5.91 Å². The molecule has 1 amide bonds. The quantitative estimate of drug-likeness (QED) is 0.741. The number of amides is 1. The summed E-state index contributed by atoms with van der Waals surface area (Å²) in [7, 11) is 1.51. The van der Waals surface area contributed by atoms with Crippen molar-refractivity contribution < 1.29 is 22.7 Å². The van der Waals surface area contributed by atoms with Crippen molar-refractivity contribution >= 4 is 5.91 Å². The maximum absolute atomic E-state index is 12.1. The maximum Gasteiger partial charge on any atom is 0.401 e. The third kappa shape index (κ3) is 5.36. The number of methoxy groups -OCH3 is 1. The van der Waals surface area contributed by atoms with E-state index >= 15 is 0 Å². The van der Waals surface area contributed by atoms with Crippen LogP contribution in [0.1, 0.15) is 6.42 Å². The molecule has 0 aromatic heterocycles. The SMILES string of the molecule is COCCC(=O)N1CCN(CC(F)(F)F)CC1. The Kier molecular flexibility index (Phi) is 5.20. The lowest BCUT2D eigenvalue weighted by atomic mass is 10.3. The van der Waals surface area contributed by atoms with E-state index in [9.17, 15) is 18.0 Å². The first-order valence-electron chi connectivity index (χ1n) is 5.48. The highest BCUT2D eigenvalue weighted by atomic mass is 19.4. The Labute approximate surface area is 98.3 Å². The zero-order valence-electron chi connectivity index (χ0n) is 9.79. The van der Waals surface area contributed by atoms with Gasteiger partial charge in [0.15, 0.2) is 0 Å². The van der Waals surface area contributed by atoms with Crippen molar-refractivity contribution in [3.05, 3.63) is 0 Å². The number of ether oxygens (including phenoxy) is 1.